The number of carbonyl (C=O) groups is 1. The maximum Gasteiger partial charge on any atom is 0.307 e. The predicted molar refractivity (Wildman–Crippen MR) is 58.3 cm³/mol. The second-order valence-electron chi connectivity index (χ2n) is 3.81. The van der Waals surface area contributed by atoms with Crippen molar-refractivity contribution >= 4 is 5.97 Å². The lowest BCUT2D eigenvalue weighted by Gasteiger charge is -2.37. The van der Waals surface area contributed by atoms with Crippen molar-refractivity contribution in [2.75, 3.05) is 20.7 Å². The molecule has 0 aromatic heterocycles. The molecular weight excluding hydrogens is 178 g/mol. The van der Waals surface area contributed by atoms with Gasteiger partial charge in [-0.15, -0.1) is 0 Å². The van der Waals surface area contributed by atoms with E-state index >= 15 is 0 Å². The Bertz CT molecular complexity index is 174. The van der Waals surface area contributed by atoms with Crippen LogP contribution in [0, 0.1) is 0 Å². The molecule has 0 bridgehead atoms. The molecule has 0 heterocycles. The van der Waals surface area contributed by atoms with Gasteiger partial charge >= 0.3 is 5.97 Å². The van der Waals surface area contributed by atoms with Crippen LogP contribution >= 0.6 is 0 Å². The van der Waals surface area contributed by atoms with Gasteiger partial charge in [-0.05, 0) is 33.9 Å². The summed E-state index contributed by atoms with van der Waals surface area (Å²) in [5.41, 5.74) is -0.0355. The zero-order chi connectivity index (χ0) is 11.2. The van der Waals surface area contributed by atoms with Crippen molar-refractivity contribution in [2.45, 2.75) is 45.6 Å². The molecule has 0 aliphatic carbocycles. The Balaban J connectivity index is 4.42. The van der Waals surface area contributed by atoms with Crippen LogP contribution in [0.4, 0.5) is 0 Å². The van der Waals surface area contributed by atoms with Gasteiger partial charge in [0.05, 0.1) is 13.0 Å². The number of carbonyl (C=O) groups excluding carboxylic acids is 1. The maximum atomic E-state index is 11.4. The van der Waals surface area contributed by atoms with E-state index in [0.29, 0.717) is 13.0 Å². The molecule has 0 fully saturated rings. The molecule has 84 valence electrons. The van der Waals surface area contributed by atoms with Gasteiger partial charge in [-0.25, -0.2) is 0 Å². The number of esters is 1. The van der Waals surface area contributed by atoms with Gasteiger partial charge < -0.3 is 9.64 Å². The van der Waals surface area contributed by atoms with Gasteiger partial charge in [0.1, 0.15) is 0 Å². The third-order valence-corrected chi connectivity index (χ3v) is 3.04. The molecule has 0 N–H and O–H groups in total. The zero-order valence-corrected chi connectivity index (χ0v) is 10.1. The molecule has 0 radical (unpaired) electrons. The van der Waals surface area contributed by atoms with Crippen LogP contribution in [0.1, 0.15) is 40.0 Å². The highest BCUT2D eigenvalue weighted by Gasteiger charge is 2.31. The van der Waals surface area contributed by atoms with Gasteiger partial charge in [-0.2, -0.15) is 0 Å². The molecular formula is C11H23NO2. The molecule has 0 saturated heterocycles. The summed E-state index contributed by atoms with van der Waals surface area (Å²) in [7, 11) is 4.04. The molecule has 0 saturated carbocycles. The summed E-state index contributed by atoms with van der Waals surface area (Å²) in [6, 6.07) is 0. The van der Waals surface area contributed by atoms with E-state index in [1.165, 1.54) is 0 Å². The smallest absolute Gasteiger partial charge is 0.307 e. The minimum atomic E-state index is -0.0927. The van der Waals surface area contributed by atoms with Crippen LogP contribution in [0.15, 0.2) is 0 Å². The highest BCUT2D eigenvalue weighted by Crippen LogP contribution is 2.25. The van der Waals surface area contributed by atoms with Crippen LogP contribution in [0.3, 0.4) is 0 Å². The Morgan fingerprint density at radius 2 is 1.71 bits per heavy atom. The van der Waals surface area contributed by atoms with Crippen LogP contribution in [-0.4, -0.2) is 37.1 Å². The first kappa shape index (κ1) is 13.4. The van der Waals surface area contributed by atoms with Gasteiger partial charge in [0.2, 0.25) is 0 Å². The molecule has 0 aliphatic heterocycles. The fraction of sp³-hybridized carbons (Fsp3) is 0.909. The molecule has 3 nitrogen and oxygen atoms in total. The van der Waals surface area contributed by atoms with E-state index in [9.17, 15) is 4.79 Å². The maximum absolute atomic E-state index is 11.4. The average molecular weight is 201 g/mol. The van der Waals surface area contributed by atoms with Crippen LogP contribution < -0.4 is 0 Å². The third-order valence-electron chi connectivity index (χ3n) is 3.04. The SMILES string of the molecule is CCOC(=O)CC(CC)(CC)N(C)C. The van der Waals surface area contributed by atoms with E-state index in [1.807, 2.05) is 21.0 Å². The molecule has 14 heavy (non-hydrogen) atoms. The number of hydrogen-bond acceptors (Lipinski definition) is 3. The zero-order valence-electron chi connectivity index (χ0n) is 10.1. The van der Waals surface area contributed by atoms with E-state index < -0.39 is 0 Å². The molecule has 0 unspecified atom stereocenters. The minimum absolute atomic E-state index is 0.0355. The quantitative estimate of drug-likeness (QED) is 0.616. The molecule has 0 atom stereocenters. The summed E-state index contributed by atoms with van der Waals surface area (Å²) in [5.74, 6) is -0.0927. The molecule has 0 spiro atoms. The standard InChI is InChI=1S/C11H23NO2/c1-6-11(7-2,12(4)5)9-10(13)14-8-3/h6-9H2,1-5H3. The van der Waals surface area contributed by atoms with Gasteiger partial charge in [0.15, 0.2) is 0 Å². The first-order valence-corrected chi connectivity index (χ1v) is 5.35. The Morgan fingerprint density at radius 3 is 2.00 bits per heavy atom. The van der Waals surface area contributed by atoms with Gasteiger partial charge in [0.25, 0.3) is 0 Å². The fourth-order valence-corrected chi connectivity index (χ4v) is 1.77. The van der Waals surface area contributed by atoms with Gasteiger partial charge in [-0.1, -0.05) is 13.8 Å². The lowest BCUT2D eigenvalue weighted by molar-refractivity contribution is -0.146. The summed E-state index contributed by atoms with van der Waals surface area (Å²) >= 11 is 0. The van der Waals surface area contributed by atoms with E-state index in [0.717, 1.165) is 12.8 Å². The lowest BCUT2D eigenvalue weighted by Crippen LogP contribution is -2.45. The largest absolute Gasteiger partial charge is 0.466 e. The summed E-state index contributed by atoms with van der Waals surface area (Å²) in [6.07, 6.45) is 2.42. The number of hydrogen-bond donors (Lipinski definition) is 0. The number of rotatable bonds is 6. The van der Waals surface area contributed by atoms with Crippen LogP contribution in [0.5, 0.6) is 0 Å². The van der Waals surface area contributed by atoms with Crippen LogP contribution in [-0.2, 0) is 9.53 Å². The second-order valence-corrected chi connectivity index (χ2v) is 3.81. The van der Waals surface area contributed by atoms with E-state index in [1.54, 1.807) is 0 Å². The summed E-state index contributed by atoms with van der Waals surface area (Å²) in [4.78, 5) is 13.6. The van der Waals surface area contributed by atoms with Gasteiger partial charge in [0, 0.05) is 5.54 Å². The Hall–Kier alpha value is -0.570. The van der Waals surface area contributed by atoms with Crippen LogP contribution in [0.2, 0.25) is 0 Å². The summed E-state index contributed by atoms with van der Waals surface area (Å²) in [6.45, 7) is 6.54. The monoisotopic (exact) mass is 201 g/mol. The minimum Gasteiger partial charge on any atom is -0.466 e. The van der Waals surface area contributed by atoms with Crippen molar-refractivity contribution < 1.29 is 9.53 Å². The molecule has 0 rings (SSSR count). The Kier molecular flexibility index (Phi) is 5.77. The number of nitrogens with zero attached hydrogens (tertiary/aromatic N) is 1. The lowest BCUT2D eigenvalue weighted by atomic mass is 9.88. The fourth-order valence-electron chi connectivity index (χ4n) is 1.77. The van der Waals surface area contributed by atoms with Crippen molar-refractivity contribution in [3.63, 3.8) is 0 Å². The number of ether oxygens (including phenoxy) is 1. The average Bonchev–Trinajstić information content (AvgIpc) is 2.14. The van der Waals surface area contributed by atoms with E-state index in [2.05, 4.69) is 18.7 Å². The van der Waals surface area contributed by atoms with Crippen molar-refractivity contribution in [1.29, 1.82) is 0 Å². The van der Waals surface area contributed by atoms with Gasteiger partial charge in [-0.3, -0.25) is 4.79 Å². The van der Waals surface area contributed by atoms with E-state index in [-0.39, 0.29) is 11.5 Å². The van der Waals surface area contributed by atoms with Crippen molar-refractivity contribution in [3.05, 3.63) is 0 Å². The molecule has 0 aromatic rings. The summed E-state index contributed by atoms with van der Waals surface area (Å²) in [5, 5.41) is 0. The predicted octanol–water partition coefficient (Wildman–Crippen LogP) is 2.06. The topological polar surface area (TPSA) is 29.5 Å². The van der Waals surface area contributed by atoms with E-state index in [4.69, 9.17) is 4.74 Å². The first-order valence-electron chi connectivity index (χ1n) is 5.35. The first-order chi connectivity index (χ1) is 6.52. The second kappa shape index (κ2) is 6.02. The molecule has 0 aromatic carbocycles. The summed E-state index contributed by atoms with van der Waals surface area (Å²) < 4.78 is 4.99. The van der Waals surface area contributed by atoms with Crippen LogP contribution in [0.25, 0.3) is 0 Å². The Morgan fingerprint density at radius 1 is 1.21 bits per heavy atom. The van der Waals surface area contributed by atoms with Crippen molar-refractivity contribution in [2.24, 2.45) is 0 Å². The molecule has 3 heteroatoms. The highest BCUT2D eigenvalue weighted by atomic mass is 16.5. The third kappa shape index (κ3) is 3.29. The Labute approximate surface area is 87.4 Å². The van der Waals surface area contributed by atoms with Crippen molar-refractivity contribution in [1.82, 2.24) is 4.90 Å². The normalized spacial score (nSPS) is 11.9. The molecule has 0 amide bonds. The molecule has 0 aliphatic rings. The van der Waals surface area contributed by atoms with Crippen molar-refractivity contribution in [3.8, 4) is 0 Å². The highest BCUT2D eigenvalue weighted by molar-refractivity contribution is 5.70.